The van der Waals surface area contributed by atoms with Gasteiger partial charge in [0.25, 0.3) is 5.91 Å². The van der Waals surface area contributed by atoms with Crippen LogP contribution in [0.2, 0.25) is 0 Å². The van der Waals surface area contributed by atoms with Gasteiger partial charge in [-0.3, -0.25) is 19.7 Å². The second-order valence-electron chi connectivity index (χ2n) is 11.0. The van der Waals surface area contributed by atoms with Crippen LogP contribution in [0.15, 0.2) is 11.4 Å². The van der Waals surface area contributed by atoms with E-state index >= 15 is 0 Å². The zero-order valence-corrected chi connectivity index (χ0v) is 22.2. The predicted molar refractivity (Wildman–Crippen MR) is 133 cm³/mol. The van der Waals surface area contributed by atoms with E-state index in [0.29, 0.717) is 12.8 Å². The lowest BCUT2D eigenvalue weighted by atomic mass is 9.80. The fourth-order valence-electron chi connectivity index (χ4n) is 4.48. The largest absolute Gasteiger partial charge is 0.422 e. The van der Waals surface area contributed by atoms with E-state index < -0.39 is 61.1 Å². The first-order valence-electron chi connectivity index (χ1n) is 13.3. The van der Waals surface area contributed by atoms with E-state index in [0.717, 1.165) is 49.0 Å². The van der Waals surface area contributed by atoms with Crippen molar-refractivity contribution in [1.82, 2.24) is 16.0 Å². The van der Waals surface area contributed by atoms with Gasteiger partial charge in [-0.1, -0.05) is 19.3 Å². The minimum Gasteiger partial charge on any atom is -0.422 e. The summed E-state index contributed by atoms with van der Waals surface area (Å²) in [4.78, 5) is 38.5. The fourth-order valence-corrected chi connectivity index (χ4v) is 5.27. The Balaban J connectivity index is 1.43. The highest BCUT2D eigenvalue weighted by Crippen LogP contribution is 2.41. The Kier molecular flexibility index (Phi) is 9.01. The summed E-state index contributed by atoms with van der Waals surface area (Å²) in [7, 11) is 0. The van der Waals surface area contributed by atoms with Crippen LogP contribution in [0, 0.1) is 18.8 Å². The molecule has 0 spiro atoms. The Hall–Kier alpha value is -2.21. The molecule has 0 unspecified atom stereocenters. The molecule has 1 heterocycles. The Labute approximate surface area is 223 Å². The molecule has 2 amide bonds. The molecular formula is C26H35F4N3O4S. The molecule has 0 radical (unpaired) electrons. The average Bonchev–Trinajstić information content (AvgIpc) is 3.73. The zero-order chi connectivity index (χ0) is 27.5. The lowest BCUT2D eigenvalue weighted by molar-refractivity contribution is -0.172. The molecule has 2 atom stereocenters. The zero-order valence-electron chi connectivity index (χ0n) is 21.4. The second-order valence-corrected chi connectivity index (χ2v) is 11.9. The average molecular weight is 562 g/mol. The van der Waals surface area contributed by atoms with Gasteiger partial charge < -0.3 is 15.4 Å². The summed E-state index contributed by atoms with van der Waals surface area (Å²) in [6.45, 7) is 0.527. The van der Waals surface area contributed by atoms with Gasteiger partial charge in [-0.05, 0) is 67.9 Å². The molecule has 3 aliphatic carbocycles. The third-order valence-corrected chi connectivity index (χ3v) is 8.10. The molecule has 4 rings (SSSR count). The van der Waals surface area contributed by atoms with Crippen LogP contribution < -0.4 is 20.7 Å². The third kappa shape index (κ3) is 8.93. The van der Waals surface area contributed by atoms with Crippen LogP contribution in [-0.2, 0) is 14.4 Å². The van der Waals surface area contributed by atoms with Gasteiger partial charge in [-0.25, -0.2) is 8.78 Å². The van der Waals surface area contributed by atoms with Gasteiger partial charge in [0.2, 0.25) is 17.6 Å². The monoisotopic (exact) mass is 561 g/mol. The van der Waals surface area contributed by atoms with Crippen LogP contribution in [0.1, 0.15) is 69.8 Å². The van der Waals surface area contributed by atoms with E-state index in [9.17, 15) is 31.9 Å². The summed E-state index contributed by atoms with van der Waals surface area (Å²) >= 11 is 0.972. The molecule has 3 aliphatic rings. The summed E-state index contributed by atoms with van der Waals surface area (Å²) < 4.78 is 63.4. The van der Waals surface area contributed by atoms with Crippen LogP contribution in [-0.4, -0.2) is 54.3 Å². The normalized spacial score (nSPS) is 19.8. The van der Waals surface area contributed by atoms with Crippen LogP contribution in [0.25, 0.3) is 0 Å². The number of Topliss-reactive ketones (excluding diaryl/α,β-unsaturated/α-hetero) is 1. The number of aryl methyl sites for hydroxylation is 1. The van der Waals surface area contributed by atoms with Crippen molar-refractivity contribution in [3.63, 3.8) is 0 Å². The Morgan fingerprint density at radius 2 is 1.76 bits per heavy atom. The van der Waals surface area contributed by atoms with E-state index in [4.69, 9.17) is 4.74 Å². The van der Waals surface area contributed by atoms with E-state index in [2.05, 4.69) is 16.0 Å². The first-order valence-corrected chi connectivity index (χ1v) is 14.2. The fraction of sp³-hybridized carbons (Fsp3) is 0.731. The van der Waals surface area contributed by atoms with Gasteiger partial charge in [-0.15, -0.1) is 11.3 Å². The summed E-state index contributed by atoms with van der Waals surface area (Å²) in [6, 6.07) is -1.57. The van der Waals surface area contributed by atoms with Crippen molar-refractivity contribution >= 4 is 28.9 Å². The standard InChI is InChI=1S/C26H35F4N3O4S/c1-15-9-21(38-13-15)37-26(29,30)14-31-20(12-25(27,28)11-17-5-6-17)23(35)33-19(10-16-3-2-4-16)22(34)24(36)32-18-7-8-18/h9,13,16-20,31H,2-8,10-12,14H2,1H3,(H,32,36)(H,33,35)/t19-,20-/m0/s1. The Bertz CT molecular complexity index is 1010. The van der Waals surface area contributed by atoms with E-state index in [1.165, 1.54) is 6.07 Å². The summed E-state index contributed by atoms with van der Waals surface area (Å²) in [5.41, 5.74) is 0.735. The molecule has 3 N–H and O–H groups in total. The molecular weight excluding hydrogens is 526 g/mol. The van der Waals surface area contributed by atoms with E-state index in [-0.39, 0.29) is 29.4 Å². The van der Waals surface area contributed by atoms with Gasteiger partial charge in [0.05, 0.1) is 12.1 Å². The van der Waals surface area contributed by atoms with Crippen LogP contribution in [0.5, 0.6) is 5.06 Å². The van der Waals surface area contributed by atoms with Gasteiger partial charge in [0, 0.05) is 18.9 Å². The first-order chi connectivity index (χ1) is 17.9. The molecule has 0 saturated heterocycles. The second kappa shape index (κ2) is 11.9. The van der Waals surface area contributed by atoms with Crippen molar-refractivity contribution in [2.75, 3.05) is 6.54 Å². The quantitative estimate of drug-likeness (QED) is 0.206. The van der Waals surface area contributed by atoms with Crippen LogP contribution >= 0.6 is 11.3 Å². The number of carbonyl (C=O) groups is 3. The van der Waals surface area contributed by atoms with Crippen molar-refractivity contribution in [3.05, 3.63) is 17.0 Å². The summed E-state index contributed by atoms with van der Waals surface area (Å²) in [6.07, 6.45) is 0.468. The molecule has 3 saturated carbocycles. The first kappa shape index (κ1) is 28.8. The number of ketones is 1. The molecule has 12 heteroatoms. The molecule has 0 aliphatic heterocycles. The molecule has 38 heavy (non-hydrogen) atoms. The maximum atomic E-state index is 14.8. The van der Waals surface area contributed by atoms with Gasteiger partial charge >= 0.3 is 6.11 Å². The van der Waals surface area contributed by atoms with Gasteiger partial charge in [-0.2, -0.15) is 8.78 Å². The molecule has 0 aromatic carbocycles. The molecule has 0 bridgehead atoms. The van der Waals surface area contributed by atoms with Crippen molar-refractivity contribution in [2.24, 2.45) is 11.8 Å². The number of ether oxygens (including phenoxy) is 1. The minimum atomic E-state index is -3.77. The lowest BCUT2D eigenvalue weighted by Gasteiger charge is -2.31. The number of halogens is 4. The number of hydrogen-bond donors (Lipinski definition) is 3. The summed E-state index contributed by atoms with van der Waals surface area (Å²) in [5, 5.41) is 8.89. The van der Waals surface area contributed by atoms with Crippen molar-refractivity contribution in [3.8, 4) is 5.06 Å². The van der Waals surface area contributed by atoms with Crippen molar-refractivity contribution in [2.45, 2.75) is 101 Å². The van der Waals surface area contributed by atoms with Crippen molar-refractivity contribution < 1.29 is 36.7 Å². The topological polar surface area (TPSA) is 96.5 Å². The SMILES string of the molecule is Cc1csc(OC(F)(F)CN[C@@H](CC(F)(F)CC2CC2)C(=O)N[C@@H](CC2CCC2)C(=O)C(=O)NC2CC2)c1. The number of carbonyl (C=O) groups excluding carboxylic acids is 3. The maximum Gasteiger partial charge on any atom is 0.411 e. The van der Waals surface area contributed by atoms with Crippen molar-refractivity contribution in [1.29, 1.82) is 0 Å². The van der Waals surface area contributed by atoms with Crippen LogP contribution in [0.4, 0.5) is 17.6 Å². The minimum absolute atomic E-state index is 0.0396. The van der Waals surface area contributed by atoms with Gasteiger partial charge in [0.1, 0.15) is 6.54 Å². The smallest absolute Gasteiger partial charge is 0.411 e. The number of thiophene rings is 1. The van der Waals surface area contributed by atoms with Gasteiger partial charge in [0.15, 0.2) is 5.06 Å². The highest BCUT2D eigenvalue weighted by molar-refractivity contribution is 7.12. The highest BCUT2D eigenvalue weighted by atomic mass is 32.1. The highest BCUT2D eigenvalue weighted by Gasteiger charge is 2.43. The summed E-state index contributed by atoms with van der Waals surface area (Å²) in [5.74, 6) is -5.99. The maximum absolute atomic E-state index is 14.8. The molecule has 1 aromatic heterocycles. The molecule has 212 valence electrons. The molecule has 1 aromatic rings. The number of alkyl halides is 4. The number of rotatable bonds is 16. The van der Waals surface area contributed by atoms with E-state index in [1.54, 1.807) is 12.3 Å². The lowest BCUT2D eigenvalue weighted by Crippen LogP contribution is -2.56. The van der Waals surface area contributed by atoms with Crippen LogP contribution in [0.3, 0.4) is 0 Å². The third-order valence-electron chi connectivity index (χ3n) is 7.18. The predicted octanol–water partition coefficient (Wildman–Crippen LogP) is 4.33. The molecule has 3 fully saturated rings. The Morgan fingerprint density at radius 1 is 1.05 bits per heavy atom. The molecule has 7 nitrogen and oxygen atoms in total. The van der Waals surface area contributed by atoms with E-state index in [1.807, 2.05) is 0 Å². The Morgan fingerprint density at radius 3 is 2.32 bits per heavy atom. The number of nitrogens with one attached hydrogen (secondary N) is 3. The number of hydrogen-bond acceptors (Lipinski definition) is 6. The number of amides is 2.